The Bertz CT molecular complexity index is 954. The predicted molar refractivity (Wildman–Crippen MR) is 107 cm³/mol. The molecule has 0 fully saturated rings. The number of aryl methyl sites for hydroxylation is 1. The van der Waals surface area contributed by atoms with Crippen LogP contribution in [0.4, 0.5) is 0 Å². The number of carbonyl (C=O) groups is 2. The fourth-order valence-electron chi connectivity index (χ4n) is 3.56. The first-order valence-corrected chi connectivity index (χ1v) is 9.76. The van der Waals surface area contributed by atoms with Crippen LogP contribution in [0.1, 0.15) is 55.7 Å². The number of nitrogens with zero attached hydrogens (tertiary/aromatic N) is 1. The second kappa shape index (κ2) is 7.67. The fraction of sp³-hybridized carbons (Fsp3) is 0.500. The van der Waals surface area contributed by atoms with Crippen LogP contribution in [0, 0.1) is 23.2 Å². The van der Waals surface area contributed by atoms with Crippen molar-refractivity contribution in [3.05, 3.63) is 35.0 Å². The molecule has 0 aliphatic heterocycles. The molecule has 6 heteroatoms. The lowest BCUT2D eigenvalue weighted by Gasteiger charge is -2.27. The van der Waals surface area contributed by atoms with E-state index in [1.54, 1.807) is 13.0 Å². The molecule has 1 aliphatic carbocycles. The number of nitriles is 1. The van der Waals surface area contributed by atoms with Crippen LogP contribution in [0.15, 0.2) is 18.2 Å². The van der Waals surface area contributed by atoms with E-state index in [9.17, 15) is 14.9 Å². The summed E-state index contributed by atoms with van der Waals surface area (Å²) >= 11 is 0. The number of benzene rings is 1. The van der Waals surface area contributed by atoms with Gasteiger partial charge in [0.1, 0.15) is 5.54 Å². The highest BCUT2D eigenvalue weighted by atomic mass is 16.5. The number of aromatic amines is 1. The molecule has 148 valence electrons. The van der Waals surface area contributed by atoms with Crippen molar-refractivity contribution >= 4 is 22.8 Å². The van der Waals surface area contributed by atoms with E-state index in [2.05, 4.69) is 23.3 Å². The summed E-state index contributed by atoms with van der Waals surface area (Å²) in [5.74, 6) is -0.470. The summed E-state index contributed by atoms with van der Waals surface area (Å²) in [5.41, 5.74) is 2.98. The third-order valence-electron chi connectivity index (χ3n) is 5.79. The van der Waals surface area contributed by atoms with Crippen molar-refractivity contribution in [2.45, 2.75) is 52.5 Å². The number of aromatic nitrogens is 1. The van der Waals surface area contributed by atoms with Gasteiger partial charge in [0.15, 0.2) is 6.61 Å². The van der Waals surface area contributed by atoms with Gasteiger partial charge in [0.25, 0.3) is 5.91 Å². The summed E-state index contributed by atoms with van der Waals surface area (Å²) < 4.78 is 5.18. The van der Waals surface area contributed by atoms with Gasteiger partial charge in [-0.05, 0) is 61.8 Å². The zero-order valence-corrected chi connectivity index (χ0v) is 16.9. The van der Waals surface area contributed by atoms with E-state index in [1.807, 2.05) is 26.0 Å². The molecule has 3 rings (SSSR count). The first-order valence-electron chi connectivity index (χ1n) is 9.76. The molecule has 0 bridgehead atoms. The average molecular weight is 381 g/mol. The maximum atomic E-state index is 12.4. The molecule has 2 N–H and O–H groups in total. The topological polar surface area (TPSA) is 95.0 Å². The monoisotopic (exact) mass is 381 g/mol. The summed E-state index contributed by atoms with van der Waals surface area (Å²) in [4.78, 5) is 28.0. The molecule has 2 aromatic rings. The van der Waals surface area contributed by atoms with Crippen LogP contribution in [0.5, 0.6) is 0 Å². The van der Waals surface area contributed by atoms with Crippen molar-refractivity contribution in [2.75, 3.05) is 6.61 Å². The Kier molecular flexibility index (Phi) is 5.46. The number of amides is 1. The van der Waals surface area contributed by atoms with Gasteiger partial charge >= 0.3 is 5.97 Å². The van der Waals surface area contributed by atoms with Gasteiger partial charge in [-0.3, -0.25) is 4.79 Å². The largest absolute Gasteiger partial charge is 0.452 e. The van der Waals surface area contributed by atoms with Crippen molar-refractivity contribution in [1.29, 1.82) is 5.26 Å². The lowest BCUT2D eigenvalue weighted by atomic mass is 9.87. The molecule has 1 amide bonds. The highest BCUT2D eigenvalue weighted by Crippen LogP contribution is 2.32. The fourth-order valence-corrected chi connectivity index (χ4v) is 3.56. The first kappa shape index (κ1) is 19.9. The lowest BCUT2D eigenvalue weighted by Crippen LogP contribution is -2.50. The Morgan fingerprint density at radius 1 is 1.43 bits per heavy atom. The number of esters is 1. The molecule has 0 saturated carbocycles. The number of carbonyl (C=O) groups excluding carboxylic acids is 2. The van der Waals surface area contributed by atoms with Crippen molar-refractivity contribution in [1.82, 2.24) is 10.3 Å². The number of rotatable bonds is 5. The quantitative estimate of drug-likeness (QED) is 0.775. The Labute approximate surface area is 165 Å². The molecule has 0 spiro atoms. The predicted octanol–water partition coefficient (Wildman–Crippen LogP) is 3.50. The number of hydrogen-bond donors (Lipinski definition) is 2. The minimum Gasteiger partial charge on any atom is -0.452 e. The molecular formula is C22H27N3O3. The van der Waals surface area contributed by atoms with Crippen LogP contribution in [0.3, 0.4) is 0 Å². The summed E-state index contributed by atoms with van der Waals surface area (Å²) in [7, 11) is 0. The molecule has 1 aromatic heterocycles. The summed E-state index contributed by atoms with van der Waals surface area (Å²) in [5, 5.41) is 13.0. The zero-order chi connectivity index (χ0) is 20.5. The molecule has 1 aromatic carbocycles. The van der Waals surface area contributed by atoms with Gasteiger partial charge in [0.2, 0.25) is 0 Å². The van der Waals surface area contributed by atoms with E-state index in [0.717, 1.165) is 23.7 Å². The second-order valence-electron chi connectivity index (χ2n) is 8.28. The van der Waals surface area contributed by atoms with E-state index in [4.69, 9.17) is 4.74 Å². The Balaban J connectivity index is 1.69. The maximum Gasteiger partial charge on any atom is 0.338 e. The number of nitrogens with one attached hydrogen (secondary N) is 2. The van der Waals surface area contributed by atoms with Gasteiger partial charge in [-0.1, -0.05) is 20.8 Å². The van der Waals surface area contributed by atoms with E-state index in [0.29, 0.717) is 11.5 Å². The number of hydrogen-bond acceptors (Lipinski definition) is 4. The molecule has 0 radical (unpaired) electrons. The summed E-state index contributed by atoms with van der Waals surface area (Å²) in [6, 6.07) is 7.54. The first-order chi connectivity index (χ1) is 13.2. The standard InChI is InChI=1S/C22H27N3O3/c1-13(2)22(4,12-23)25-20(26)11-28-21(27)15-6-8-19-17(10-15)16-9-14(3)5-7-18(16)24-19/h6,8,10,13-14,24H,5,7,9,11H2,1-4H3,(H,25,26)/t14-,22-/m0/s1. The molecule has 28 heavy (non-hydrogen) atoms. The van der Waals surface area contributed by atoms with Crippen molar-refractivity contribution in [2.24, 2.45) is 11.8 Å². The Morgan fingerprint density at radius 3 is 2.86 bits per heavy atom. The zero-order valence-electron chi connectivity index (χ0n) is 16.9. The Hall–Kier alpha value is -2.81. The minimum atomic E-state index is -0.997. The number of H-pyrrole nitrogens is 1. The van der Waals surface area contributed by atoms with Gasteiger partial charge in [0, 0.05) is 16.6 Å². The van der Waals surface area contributed by atoms with Gasteiger partial charge in [0.05, 0.1) is 11.6 Å². The molecule has 0 unspecified atom stereocenters. The van der Waals surface area contributed by atoms with Crippen LogP contribution in [-0.4, -0.2) is 29.0 Å². The van der Waals surface area contributed by atoms with Crippen LogP contribution >= 0.6 is 0 Å². The van der Waals surface area contributed by atoms with Crippen molar-refractivity contribution in [3.63, 3.8) is 0 Å². The summed E-state index contributed by atoms with van der Waals surface area (Å²) in [6.45, 7) is 7.18. The molecule has 0 saturated heterocycles. The smallest absolute Gasteiger partial charge is 0.338 e. The number of fused-ring (bicyclic) bond motifs is 3. The second-order valence-corrected chi connectivity index (χ2v) is 8.28. The van der Waals surface area contributed by atoms with Gasteiger partial charge in [-0.2, -0.15) is 5.26 Å². The SMILES string of the molecule is CC(C)[C@](C)(C#N)NC(=O)COC(=O)c1ccc2[nH]c3c(c2c1)C[C@@H](C)CC3. The van der Waals surface area contributed by atoms with Crippen LogP contribution in [0.25, 0.3) is 10.9 Å². The molecule has 1 aliphatic rings. The van der Waals surface area contributed by atoms with Gasteiger partial charge in [-0.15, -0.1) is 0 Å². The van der Waals surface area contributed by atoms with E-state index < -0.39 is 24.0 Å². The van der Waals surface area contributed by atoms with Crippen molar-refractivity contribution in [3.8, 4) is 6.07 Å². The molecule has 2 atom stereocenters. The van der Waals surface area contributed by atoms with E-state index in [1.165, 1.54) is 17.7 Å². The van der Waals surface area contributed by atoms with E-state index in [-0.39, 0.29) is 5.92 Å². The van der Waals surface area contributed by atoms with Gasteiger partial charge < -0.3 is 15.0 Å². The Morgan fingerprint density at radius 2 is 2.18 bits per heavy atom. The minimum absolute atomic E-state index is 0.0679. The normalized spacial score (nSPS) is 18.2. The molecule has 6 nitrogen and oxygen atoms in total. The van der Waals surface area contributed by atoms with Gasteiger partial charge in [-0.25, -0.2) is 4.79 Å². The van der Waals surface area contributed by atoms with Crippen LogP contribution in [-0.2, 0) is 22.4 Å². The molecular weight excluding hydrogens is 354 g/mol. The average Bonchev–Trinajstić information content (AvgIpc) is 3.02. The lowest BCUT2D eigenvalue weighted by molar-refractivity contribution is -0.125. The van der Waals surface area contributed by atoms with Crippen LogP contribution in [0.2, 0.25) is 0 Å². The highest BCUT2D eigenvalue weighted by Gasteiger charge is 2.30. The third kappa shape index (κ3) is 3.89. The maximum absolute atomic E-state index is 12.4. The van der Waals surface area contributed by atoms with E-state index >= 15 is 0 Å². The van der Waals surface area contributed by atoms with Crippen LogP contribution < -0.4 is 5.32 Å². The number of ether oxygens (including phenoxy) is 1. The third-order valence-corrected chi connectivity index (χ3v) is 5.79. The molecule has 1 heterocycles. The summed E-state index contributed by atoms with van der Waals surface area (Å²) in [6.07, 6.45) is 3.19. The van der Waals surface area contributed by atoms with Crippen molar-refractivity contribution < 1.29 is 14.3 Å². The highest BCUT2D eigenvalue weighted by molar-refractivity contribution is 5.97.